The van der Waals surface area contributed by atoms with E-state index < -0.39 is 0 Å². The molecule has 1 aromatic heterocycles. The molecule has 0 radical (unpaired) electrons. The van der Waals surface area contributed by atoms with Gasteiger partial charge >= 0.3 is 0 Å². The third kappa shape index (κ3) is 2.33. The van der Waals surface area contributed by atoms with E-state index >= 15 is 0 Å². The van der Waals surface area contributed by atoms with Crippen molar-refractivity contribution >= 4 is 0 Å². The Balaban J connectivity index is 2.13. The second-order valence-electron chi connectivity index (χ2n) is 3.66. The van der Waals surface area contributed by atoms with E-state index in [1.54, 1.807) is 0 Å². The van der Waals surface area contributed by atoms with Crippen LogP contribution in [-0.2, 0) is 0 Å². The molecule has 0 amide bonds. The Kier molecular flexibility index (Phi) is 3.40. The van der Waals surface area contributed by atoms with Crippen molar-refractivity contribution in [3.05, 3.63) is 16.7 Å². The van der Waals surface area contributed by atoms with Gasteiger partial charge in [-0.15, -0.1) is 0 Å². The Bertz CT molecular complexity index is 399. The molecule has 2 rings (SSSR count). The molecule has 1 unspecified atom stereocenters. The van der Waals surface area contributed by atoms with Gasteiger partial charge in [-0.3, -0.25) is 4.79 Å². The minimum atomic E-state index is -0.323. The first-order valence-corrected chi connectivity index (χ1v) is 5.30. The van der Waals surface area contributed by atoms with Gasteiger partial charge < -0.3 is 19.8 Å². The molecule has 1 fully saturated rings. The first kappa shape index (κ1) is 10.9. The molecule has 0 aromatic carbocycles. The molecule has 1 aromatic rings. The fraction of sp³-hybridized carbons (Fsp3) is 0.600. The van der Waals surface area contributed by atoms with Crippen LogP contribution in [-0.4, -0.2) is 36.3 Å². The van der Waals surface area contributed by atoms with Gasteiger partial charge in [0.05, 0.1) is 13.4 Å². The maximum Gasteiger partial charge on any atom is 0.297 e. The molecule has 1 aliphatic heterocycles. The fourth-order valence-corrected chi connectivity index (χ4v) is 1.71. The Morgan fingerprint density at radius 1 is 1.56 bits per heavy atom. The van der Waals surface area contributed by atoms with Crippen molar-refractivity contribution in [3.63, 3.8) is 0 Å². The summed E-state index contributed by atoms with van der Waals surface area (Å²) in [4.78, 5) is 17.8. The zero-order valence-electron chi connectivity index (χ0n) is 9.16. The van der Waals surface area contributed by atoms with Gasteiger partial charge in [-0.2, -0.15) is 0 Å². The summed E-state index contributed by atoms with van der Waals surface area (Å²) >= 11 is 0. The summed E-state index contributed by atoms with van der Waals surface area (Å²) in [7, 11) is 1.43. The van der Waals surface area contributed by atoms with E-state index in [4.69, 9.17) is 9.47 Å². The molecule has 1 saturated heterocycles. The van der Waals surface area contributed by atoms with Gasteiger partial charge in [-0.1, -0.05) is 0 Å². The number of methoxy groups -OCH3 is 1. The van der Waals surface area contributed by atoms with Crippen molar-refractivity contribution in [2.75, 3.05) is 20.2 Å². The highest BCUT2D eigenvalue weighted by atomic mass is 16.5. The number of piperidine rings is 1. The first-order valence-electron chi connectivity index (χ1n) is 5.30. The van der Waals surface area contributed by atoms with E-state index in [0.29, 0.717) is 0 Å². The zero-order valence-corrected chi connectivity index (χ0v) is 9.16. The molecule has 0 aliphatic carbocycles. The predicted molar refractivity (Wildman–Crippen MR) is 57.9 cm³/mol. The normalized spacial score (nSPS) is 20.4. The number of ether oxygens (including phenoxy) is 2. The molecule has 2 heterocycles. The molecule has 0 spiro atoms. The van der Waals surface area contributed by atoms with Crippen LogP contribution < -0.4 is 20.3 Å². The van der Waals surface area contributed by atoms with Crippen LogP contribution in [0.5, 0.6) is 11.6 Å². The standard InChI is InChI=1S/C10H15N3O3/c1-15-8-9(14)12-6-13-10(8)16-7-3-2-4-11-5-7/h6-7,11H,2-5H2,1H3,(H,12,13,14). The molecule has 1 atom stereocenters. The third-order valence-electron chi connectivity index (χ3n) is 2.51. The van der Waals surface area contributed by atoms with Gasteiger partial charge in [0.25, 0.3) is 11.4 Å². The number of H-pyrrole nitrogens is 1. The average molecular weight is 225 g/mol. The Morgan fingerprint density at radius 3 is 3.12 bits per heavy atom. The number of nitrogens with one attached hydrogen (secondary N) is 2. The number of aromatic amines is 1. The summed E-state index contributed by atoms with van der Waals surface area (Å²) in [6.07, 6.45) is 3.40. The number of aromatic nitrogens is 2. The molecule has 6 heteroatoms. The molecule has 1 aliphatic rings. The summed E-state index contributed by atoms with van der Waals surface area (Å²) < 4.78 is 10.6. The van der Waals surface area contributed by atoms with Crippen molar-refractivity contribution in [1.82, 2.24) is 15.3 Å². The second-order valence-corrected chi connectivity index (χ2v) is 3.66. The summed E-state index contributed by atoms with van der Waals surface area (Å²) in [6.45, 7) is 1.79. The van der Waals surface area contributed by atoms with Crippen LogP contribution in [0.4, 0.5) is 0 Å². The van der Waals surface area contributed by atoms with Crippen LogP contribution >= 0.6 is 0 Å². The number of hydrogen-bond donors (Lipinski definition) is 2. The summed E-state index contributed by atoms with van der Waals surface area (Å²) in [6, 6.07) is 0. The maximum atomic E-state index is 11.4. The Labute approximate surface area is 93.0 Å². The third-order valence-corrected chi connectivity index (χ3v) is 2.51. The van der Waals surface area contributed by atoms with E-state index in [1.807, 2.05) is 0 Å². The van der Waals surface area contributed by atoms with Crippen molar-refractivity contribution in [2.45, 2.75) is 18.9 Å². The lowest BCUT2D eigenvalue weighted by molar-refractivity contribution is 0.153. The predicted octanol–water partition coefficient (Wildman–Crippen LogP) is -0.0907. The minimum Gasteiger partial charge on any atom is -0.487 e. The van der Waals surface area contributed by atoms with E-state index in [9.17, 15) is 4.79 Å². The van der Waals surface area contributed by atoms with E-state index in [2.05, 4.69) is 15.3 Å². The molecule has 2 N–H and O–H groups in total. The van der Waals surface area contributed by atoms with Crippen molar-refractivity contribution < 1.29 is 9.47 Å². The Hall–Kier alpha value is -1.56. The van der Waals surface area contributed by atoms with Gasteiger partial charge in [0.2, 0.25) is 5.75 Å². The van der Waals surface area contributed by atoms with E-state index in [0.717, 1.165) is 25.9 Å². The monoisotopic (exact) mass is 225 g/mol. The molecule has 88 valence electrons. The van der Waals surface area contributed by atoms with Gasteiger partial charge in [0.1, 0.15) is 6.10 Å². The first-order chi connectivity index (χ1) is 7.81. The SMILES string of the molecule is COc1c(OC2CCCNC2)nc[nH]c1=O. The number of rotatable bonds is 3. The molecular formula is C10H15N3O3. The van der Waals surface area contributed by atoms with Crippen LogP contribution in [0.25, 0.3) is 0 Å². The van der Waals surface area contributed by atoms with Gasteiger partial charge in [-0.25, -0.2) is 4.98 Å². The highest BCUT2D eigenvalue weighted by molar-refractivity contribution is 5.29. The fourth-order valence-electron chi connectivity index (χ4n) is 1.71. The van der Waals surface area contributed by atoms with Crippen LogP contribution in [0.1, 0.15) is 12.8 Å². The van der Waals surface area contributed by atoms with Gasteiger partial charge in [-0.05, 0) is 19.4 Å². The molecule has 0 saturated carbocycles. The zero-order chi connectivity index (χ0) is 11.4. The highest BCUT2D eigenvalue weighted by Crippen LogP contribution is 2.20. The highest BCUT2D eigenvalue weighted by Gasteiger charge is 2.18. The second kappa shape index (κ2) is 4.98. The maximum absolute atomic E-state index is 11.4. The van der Waals surface area contributed by atoms with E-state index in [1.165, 1.54) is 13.4 Å². The van der Waals surface area contributed by atoms with Gasteiger partial charge in [0, 0.05) is 6.54 Å². The lowest BCUT2D eigenvalue weighted by Crippen LogP contribution is -2.37. The molecular weight excluding hydrogens is 210 g/mol. The van der Waals surface area contributed by atoms with Gasteiger partial charge in [0.15, 0.2) is 0 Å². The smallest absolute Gasteiger partial charge is 0.297 e. The van der Waals surface area contributed by atoms with Crippen LogP contribution in [0, 0.1) is 0 Å². The molecule has 16 heavy (non-hydrogen) atoms. The lowest BCUT2D eigenvalue weighted by atomic mass is 10.1. The van der Waals surface area contributed by atoms with Crippen molar-refractivity contribution in [3.8, 4) is 11.6 Å². The largest absolute Gasteiger partial charge is 0.487 e. The van der Waals surface area contributed by atoms with Crippen LogP contribution in [0.3, 0.4) is 0 Å². The summed E-state index contributed by atoms with van der Waals surface area (Å²) in [5.41, 5.74) is -0.323. The van der Waals surface area contributed by atoms with Crippen molar-refractivity contribution in [2.24, 2.45) is 0 Å². The lowest BCUT2D eigenvalue weighted by Gasteiger charge is -2.23. The topological polar surface area (TPSA) is 76.2 Å². The summed E-state index contributed by atoms with van der Waals surface area (Å²) in [5.74, 6) is 0.396. The van der Waals surface area contributed by atoms with Crippen LogP contribution in [0.2, 0.25) is 0 Å². The average Bonchev–Trinajstić information content (AvgIpc) is 2.31. The number of nitrogens with zero attached hydrogens (tertiary/aromatic N) is 1. The number of hydrogen-bond acceptors (Lipinski definition) is 5. The van der Waals surface area contributed by atoms with Crippen molar-refractivity contribution in [1.29, 1.82) is 0 Å². The summed E-state index contributed by atoms with van der Waals surface area (Å²) in [5, 5.41) is 3.23. The minimum absolute atomic E-state index is 0.0527. The quantitative estimate of drug-likeness (QED) is 0.751. The Morgan fingerprint density at radius 2 is 2.44 bits per heavy atom. The molecule has 6 nitrogen and oxygen atoms in total. The van der Waals surface area contributed by atoms with E-state index in [-0.39, 0.29) is 23.3 Å². The van der Waals surface area contributed by atoms with Crippen LogP contribution in [0.15, 0.2) is 11.1 Å². The molecule has 0 bridgehead atoms.